The average molecular weight is 178 g/mol. The second-order valence-corrected chi connectivity index (χ2v) is 2.44. The summed E-state index contributed by atoms with van der Waals surface area (Å²) in [5, 5.41) is 13.0. The van der Waals surface area contributed by atoms with E-state index in [4.69, 9.17) is 0 Å². The van der Waals surface area contributed by atoms with Crippen LogP contribution in [0.25, 0.3) is 5.70 Å². The minimum Gasteiger partial charge on any atom is -0.383 e. The lowest BCUT2D eigenvalue weighted by atomic mass is 10.2. The number of nitro groups is 1. The Morgan fingerprint density at radius 2 is 2.08 bits per heavy atom. The van der Waals surface area contributed by atoms with E-state index in [1.807, 2.05) is 30.3 Å². The largest absolute Gasteiger partial charge is 0.383 e. The van der Waals surface area contributed by atoms with Gasteiger partial charge in [-0.05, 0) is 0 Å². The fraction of sp³-hybridized carbons (Fsp3) is 0.111. The Kier molecular flexibility index (Phi) is 3.03. The first-order valence-electron chi connectivity index (χ1n) is 3.82. The van der Waals surface area contributed by atoms with E-state index in [-0.39, 0.29) is 0 Å². The maximum Gasteiger partial charge on any atom is 0.257 e. The molecule has 0 amide bonds. The van der Waals surface area contributed by atoms with Crippen LogP contribution in [0.15, 0.2) is 36.5 Å². The normalized spacial score (nSPS) is 11.0. The van der Waals surface area contributed by atoms with E-state index in [0.717, 1.165) is 11.8 Å². The van der Waals surface area contributed by atoms with Crippen LogP contribution in [0.2, 0.25) is 0 Å². The maximum atomic E-state index is 10.2. The van der Waals surface area contributed by atoms with Crippen molar-refractivity contribution in [3.63, 3.8) is 0 Å². The van der Waals surface area contributed by atoms with Gasteiger partial charge in [0.15, 0.2) is 0 Å². The lowest BCUT2D eigenvalue weighted by Gasteiger charge is -2.02. The fourth-order valence-corrected chi connectivity index (χ4v) is 1.01. The van der Waals surface area contributed by atoms with Crippen LogP contribution in [0, 0.1) is 10.1 Å². The molecule has 0 aliphatic heterocycles. The smallest absolute Gasteiger partial charge is 0.257 e. The second kappa shape index (κ2) is 4.25. The van der Waals surface area contributed by atoms with E-state index in [9.17, 15) is 10.1 Å². The van der Waals surface area contributed by atoms with Gasteiger partial charge in [0, 0.05) is 12.6 Å². The first-order chi connectivity index (χ1) is 6.24. The van der Waals surface area contributed by atoms with Crippen molar-refractivity contribution >= 4 is 5.70 Å². The molecule has 0 unspecified atom stereocenters. The molecule has 4 nitrogen and oxygen atoms in total. The van der Waals surface area contributed by atoms with Gasteiger partial charge < -0.3 is 5.32 Å². The summed E-state index contributed by atoms with van der Waals surface area (Å²) in [6.45, 7) is 0. The highest BCUT2D eigenvalue weighted by molar-refractivity contribution is 5.62. The fourth-order valence-electron chi connectivity index (χ4n) is 1.01. The van der Waals surface area contributed by atoms with Crippen LogP contribution < -0.4 is 5.32 Å². The van der Waals surface area contributed by atoms with E-state index in [1.54, 1.807) is 7.05 Å². The minimum atomic E-state index is -0.473. The van der Waals surface area contributed by atoms with Gasteiger partial charge >= 0.3 is 0 Å². The maximum absolute atomic E-state index is 10.2. The predicted molar refractivity (Wildman–Crippen MR) is 50.5 cm³/mol. The van der Waals surface area contributed by atoms with Gasteiger partial charge in [-0.3, -0.25) is 10.1 Å². The zero-order valence-electron chi connectivity index (χ0n) is 7.23. The highest BCUT2D eigenvalue weighted by Gasteiger charge is 2.02. The molecule has 0 radical (unpaired) electrons. The quantitative estimate of drug-likeness (QED) is 0.563. The highest BCUT2D eigenvalue weighted by atomic mass is 16.6. The van der Waals surface area contributed by atoms with Crippen LogP contribution in [0.5, 0.6) is 0 Å². The summed E-state index contributed by atoms with van der Waals surface area (Å²) >= 11 is 0. The Labute approximate surface area is 76.0 Å². The van der Waals surface area contributed by atoms with Crippen LogP contribution >= 0.6 is 0 Å². The second-order valence-electron chi connectivity index (χ2n) is 2.44. The van der Waals surface area contributed by atoms with Crippen LogP contribution in [-0.2, 0) is 0 Å². The lowest BCUT2D eigenvalue weighted by molar-refractivity contribution is -0.401. The molecule has 0 aliphatic carbocycles. The van der Waals surface area contributed by atoms with E-state index in [0.29, 0.717) is 5.70 Å². The summed E-state index contributed by atoms with van der Waals surface area (Å²) in [4.78, 5) is 9.76. The Morgan fingerprint density at radius 3 is 2.54 bits per heavy atom. The summed E-state index contributed by atoms with van der Waals surface area (Å²) in [7, 11) is 1.66. The van der Waals surface area contributed by atoms with Crippen molar-refractivity contribution in [3.05, 3.63) is 52.2 Å². The number of nitrogens with one attached hydrogen (secondary N) is 1. The Bertz CT molecular complexity index is 320. The molecule has 0 saturated heterocycles. The van der Waals surface area contributed by atoms with Crippen molar-refractivity contribution in [2.75, 3.05) is 7.05 Å². The van der Waals surface area contributed by atoms with Crippen LogP contribution in [0.1, 0.15) is 5.56 Å². The third kappa shape index (κ3) is 2.59. The summed E-state index contributed by atoms with van der Waals surface area (Å²) in [6.07, 6.45) is 0.954. The minimum absolute atomic E-state index is 0.473. The van der Waals surface area contributed by atoms with E-state index in [1.165, 1.54) is 0 Å². The Hall–Kier alpha value is -1.84. The van der Waals surface area contributed by atoms with Crippen LogP contribution in [0.3, 0.4) is 0 Å². The molecule has 4 heteroatoms. The SMILES string of the molecule is CNC(=C[N+](=O)[O-])c1ccccc1. The number of hydrogen-bond acceptors (Lipinski definition) is 3. The third-order valence-electron chi connectivity index (χ3n) is 1.59. The zero-order chi connectivity index (χ0) is 9.68. The first kappa shape index (κ1) is 9.25. The van der Waals surface area contributed by atoms with E-state index >= 15 is 0 Å². The molecular weight excluding hydrogens is 168 g/mol. The van der Waals surface area contributed by atoms with Gasteiger partial charge in [0.25, 0.3) is 6.20 Å². The van der Waals surface area contributed by atoms with Gasteiger partial charge in [-0.1, -0.05) is 30.3 Å². The van der Waals surface area contributed by atoms with Crippen molar-refractivity contribution in [2.24, 2.45) is 0 Å². The Balaban J connectivity index is 2.98. The molecular formula is C9H10N2O2. The molecule has 0 heterocycles. The number of benzene rings is 1. The van der Waals surface area contributed by atoms with Crippen molar-refractivity contribution in [1.29, 1.82) is 0 Å². The zero-order valence-corrected chi connectivity index (χ0v) is 7.23. The van der Waals surface area contributed by atoms with E-state index in [2.05, 4.69) is 5.32 Å². The van der Waals surface area contributed by atoms with Gasteiger partial charge in [-0.15, -0.1) is 0 Å². The molecule has 1 aromatic carbocycles. The van der Waals surface area contributed by atoms with E-state index < -0.39 is 4.92 Å². The molecule has 0 fully saturated rings. The topological polar surface area (TPSA) is 55.2 Å². The molecule has 0 atom stereocenters. The Morgan fingerprint density at radius 1 is 1.46 bits per heavy atom. The lowest BCUT2D eigenvalue weighted by Crippen LogP contribution is -2.06. The van der Waals surface area contributed by atoms with Crippen molar-refractivity contribution < 1.29 is 4.92 Å². The van der Waals surface area contributed by atoms with Gasteiger partial charge in [-0.2, -0.15) is 0 Å². The van der Waals surface area contributed by atoms with Gasteiger partial charge in [-0.25, -0.2) is 0 Å². The van der Waals surface area contributed by atoms with Crippen molar-refractivity contribution in [2.45, 2.75) is 0 Å². The highest BCUT2D eigenvalue weighted by Crippen LogP contribution is 2.09. The first-order valence-corrected chi connectivity index (χ1v) is 3.82. The molecule has 1 rings (SSSR count). The molecule has 13 heavy (non-hydrogen) atoms. The molecule has 0 aromatic heterocycles. The number of nitrogens with zero attached hydrogens (tertiary/aromatic N) is 1. The van der Waals surface area contributed by atoms with Crippen LogP contribution in [-0.4, -0.2) is 12.0 Å². The monoisotopic (exact) mass is 178 g/mol. The summed E-state index contributed by atoms with van der Waals surface area (Å²) in [5.74, 6) is 0. The number of rotatable bonds is 3. The standard InChI is InChI=1S/C9H10N2O2/c1-10-9(7-11(12)13)8-5-3-2-4-6-8/h2-7,10H,1H3. The average Bonchev–Trinajstić information content (AvgIpc) is 2.15. The molecule has 1 N–H and O–H groups in total. The van der Waals surface area contributed by atoms with Gasteiger partial charge in [0.1, 0.15) is 5.70 Å². The number of hydrogen-bond donors (Lipinski definition) is 1. The molecule has 0 aliphatic rings. The molecule has 0 bridgehead atoms. The summed E-state index contributed by atoms with van der Waals surface area (Å²) in [5.41, 5.74) is 1.31. The summed E-state index contributed by atoms with van der Waals surface area (Å²) in [6, 6.07) is 9.15. The van der Waals surface area contributed by atoms with Gasteiger partial charge in [0.05, 0.1) is 4.92 Å². The third-order valence-corrected chi connectivity index (χ3v) is 1.59. The van der Waals surface area contributed by atoms with Crippen LogP contribution in [0.4, 0.5) is 0 Å². The predicted octanol–water partition coefficient (Wildman–Crippen LogP) is 1.48. The summed E-state index contributed by atoms with van der Waals surface area (Å²) < 4.78 is 0. The molecule has 1 aromatic rings. The van der Waals surface area contributed by atoms with Crippen molar-refractivity contribution in [3.8, 4) is 0 Å². The van der Waals surface area contributed by atoms with Crippen molar-refractivity contribution in [1.82, 2.24) is 5.32 Å². The van der Waals surface area contributed by atoms with Gasteiger partial charge in [0.2, 0.25) is 0 Å². The molecule has 0 saturated carbocycles. The molecule has 0 spiro atoms. The molecule has 68 valence electrons.